The van der Waals surface area contributed by atoms with Crippen molar-refractivity contribution < 1.29 is 23.7 Å². The molecule has 0 amide bonds. The van der Waals surface area contributed by atoms with Crippen LogP contribution in [-0.2, 0) is 16.1 Å². The Labute approximate surface area is 287 Å². The Kier molecular flexibility index (Phi) is 9.98. The number of benzene rings is 4. The van der Waals surface area contributed by atoms with E-state index in [0.717, 1.165) is 28.3 Å². The first kappa shape index (κ1) is 33.1. The first-order valence-electron chi connectivity index (χ1n) is 15.7. The van der Waals surface area contributed by atoms with Crippen molar-refractivity contribution in [3.63, 3.8) is 0 Å². The van der Waals surface area contributed by atoms with Gasteiger partial charge in [-0.3, -0.25) is 9.36 Å². The summed E-state index contributed by atoms with van der Waals surface area (Å²) in [5, 5.41) is 2.49. The predicted molar refractivity (Wildman–Crippen MR) is 189 cm³/mol. The Bertz CT molecular complexity index is 2200. The van der Waals surface area contributed by atoms with E-state index in [0.29, 0.717) is 61.5 Å². The van der Waals surface area contributed by atoms with E-state index >= 15 is 0 Å². The van der Waals surface area contributed by atoms with E-state index in [2.05, 4.69) is 0 Å². The second-order valence-electron chi connectivity index (χ2n) is 11.1. The molecule has 1 aromatic heterocycles. The summed E-state index contributed by atoms with van der Waals surface area (Å²) in [5.41, 5.74) is 3.09. The van der Waals surface area contributed by atoms with Gasteiger partial charge in [-0.2, -0.15) is 0 Å². The number of allylic oxidation sites excluding steroid dienone is 1. The van der Waals surface area contributed by atoms with Gasteiger partial charge >= 0.3 is 5.97 Å². The number of ether oxygens (including phenoxy) is 4. The highest BCUT2D eigenvalue weighted by molar-refractivity contribution is 7.07. The maximum Gasteiger partial charge on any atom is 0.338 e. The van der Waals surface area contributed by atoms with Crippen LogP contribution in [0.5, 0.6) is 17.2 Å². The van der Waals surface area contributed by atoms with Crippen LogP contribution in [0.3, 0.4) is 0 Å². The first-order chi connectivity index (χ1) is 23.4. The van der Waals surface area contributed by atoms with Crippen molar-refractivity contribution in [1.29, 1.82) is 0 Å². The van der Waals surface area contributed by atoms with Gasteiger partial charge in [-0.1, -0.05) is 84.8 Å². The van der Waals surface area contributed by atoms with Gasteiger partial charge in [0, 0.05) is 10.6 Å². The van der Waals surface area contributed by atoms with Crippen molar-refractivity contribution in [2.75, 3.05) is 20.8 Å². The molecule has 0 fully saturated rings. The molecule has 2 heterocycles. The number of carbonyl (C=O) groups is 1. The van der Waals surface area contributed by atoms with Gasteiger partial charge in [-0.05, 0) is 71.7 Å². The predicted octanol–water partition coefficient (Wildman–Crippen LogP) is 6.98. The number of rotatable bonds is 11. The second kappa shape index (κ2) is 14.5. The number of methoxy groups -OCH3 is 2. The third-order valence-electron chi connectivity index (χ3n) is 8.11. The standard InChI is InChI=1S/C38H35ClN2O6S/c1-5-9-28-34(37(43)46-6-2)35(33-27-11-8-7-10-25(27)15-19-30(33)44-3)41-36(42)32(48-38(41)40-28)21-24-14-18-29(31(20-24)45-4)47-22-23-12-16-26(39)17-13-23/h7-8,10-21,35H,5-6,9,22H2,1-4H3/b32-21-. The fourth-order valence-corrected chi connectivity index (χ4v) is 7.06. The largest absolute Gasteiger partial charge is 0.496 e. The van der Waals surface area contributed by atoms with Crippen LogP contribution in [-0.4, -0.2) is 31.4 Å². The highest BCUT2D eigenvalue weighted by Crippen LogP contribution is 2.41. The van der Waals surface area contributed by atoms with Crippen LogP contribution in [0.4, 0.5) is 0 Å². The Morgan fingerprint density at radius 2 is 1.71 bits per heavy atom. The maximum atomic E-state index is 14.4. The zero-order valence-electron chi connectivity index (χ0n) is 27.1. The molecule has 48 heavy (non-hydrogen) atoms. The van der Waals surface area contributed by atoms with Crippen LogP contribution in [0.2, 0.25) is 5.02 Å². The molecule has 0 saturated carbocycles. The Hall–Kier alpha value is -4.86. The second-order valence-corrected chi connectivity index (χ2v) is 12.6. The van der Waals surface area contributed by atoms with Crippen molar-refractivity contribution in [2.45, 2.75) is 39.3 Å². The summed E-state index contributed by atoms with van der Waals surface area (Å²) in [6.45, 7) is 4.33. The van der Waals surface area contributed by atoms with E-state index in [4.69, 9.17) is 35.5 Å². The molecule has 246 valence electrons. The van der Waals surface area contributed by atoms with Crippen molar-refractivity contribution in [3.05, 3.63) is 132 Å². The molecule has 1 aliphatic rings. The summed E-state index contributed by atoms with van der Waals surface area (Å²) in [5.74, 6) is 1.15. The van der Waals surface area contributed by atoms with E-state index in [1.54, 1.807) is 31.8 Å². The Morgan fingerprint density at radius 1 is 0.958 bits per heavy atom. The van der Waals surface area contributed by atoms with E-state index in [9.17, 15) is 9.59 Å². The highest BCUT2D eigenvalue weighted by atomic mass is 35.5. The lowest BCUT2D eigenvalue weighted by molar-refractivity contribution is -0.139. The van der Waals surface area contributed by atoms with Gasteiger partial charge in [0.25, 0.3) is 5.56 Å². The number of fused-ring (bicyclic) bond motifs is 2. The van der Waals surface area contributed by atoms with Crippen molar-refractivity contribution >= 4 is 45.8 Å². The van der Waals surface area contributed by atoms with Crippen molar-refractivity contribution in [2.24, 2.45) is 4.99 Å². The molecule has 0 N–H and O–H groups in total. The smallest absolute Gasteiger partial charge is 0.338 e. The van der Waals surface area contributed by atoms with Crippen molar-refractivity contribution in [1.82, 2.24) is 4.57 Å². The number of hydrogen-bond acceptors (Lipinski definition) is 8. The summed E-state index contributed by atoms with van der Waals surface area (Å²) >= 11 is 7.29. The minimum Gasteiger partial charge on any atom is -0.496 e. The number of nitrogens with zero attached hydrogens (tertiary/aromatic N) is 2. The molecule has 1 aliphatic heterocycles. The van der Waals surface area contributed by atoms with E-state index in [-0.39, 0.29) is 12.2 Å². The number of thiazole rings is 1. The number of halogens is 1. The lowest BCUT2D eigenvalue weighted by Gasteiger charge is -2.28. The number of hydrogen-bond donors (Lipinski definition) is 0. The summed E-state index contributed by atoms with van der Waals surface area (Å²) in [4.78, 5) is 33.6. The topological polar surface area (TPSA) is 88.4 Å². The number of carbonyl (C=O) groups excluding carboxylic acids is 1. The highest BCUT2D eigenvalue weighted by Gasteiger charge is 2.37. The zero-order valence-corrected chi connectivity index (χ0v) is 28.7. The van der Waals surface area contributed by atoms with Crippen LogP contribution in [0.15, 0.2) is 99.9 Å². The molecule has 4 aromatic carbocycles. The quantitative estimate of drug-likeness (QED) is 0.140. The van der Waals surface area contributed by atoms with Crippen LogP contribution < -0.4 is 29.1 Å². The molecule has 0 saturated heterocycles. The molecule has 5 aromatic rings. The molecule has 0 aliphatic carbocycles. The minimum atomic E-state index is -0.816. The molecule has 0 spiro atoms. The minimum absolute atomic E-state index is 0.187. The Morgan fingerprint density at radius 3 is 2.44 bits per heavy atom. The van der Waals surface area contributed by atoms with E-state index in [1.807, 2.05) is 85.8 Å². The third-order valence-corrected chi connectivity index (χ3v) is 9.34. The maximum absolute atomic E-state index is 14.4. The number of aromatic nitrogens is 1. The SMILES string of the molecule is CCCC1=C(C(=O)OCC)C(c2c(OC)ccc3ccccc23)n2c(s/c(=C\c3ccc(OCc4ccc(Cl)cc4)c(OC)c3)c2=O)=N1. The summed E-state index contributed by atoms with van der Waals surface area (Å²) in [6, 6.07) is 23.9. The molecule has 8 nitrogen and oxygen atoms in total. The summed E-state index contributed by atoms with van der Waals surface area (Å²) in [6.07, 6.45) is 3.10. The van der Waals surface area contributed by atoms with Gasteiger partial charge in [-0.15, -0.1) is 0 Å². The molecular weight excluding hydrogens is 648 g/mol. The van der Waals surface area contributed by atoms with Gasteiger partial charge in [0.2, 0.25) is 0 Å². The van der Waals surface area contributed by atoms with E-state index < -0.39 is 12.0 Å². The zero-order chi connectivity index (χ0) is 33.8. The van der Waals surface area contributed by atoms with Crippen LogP contribution in [0.25, 0.3) is 16.8 Å². The van der Waals surface area contributed by atoms with Crippen LogP contribution >= 0.6 is 22.9 Å². The normalized spacial score (nSPS) is 14.4. The van der Waals surface area contributed by atoms with Gasteiger partial charge in [-0.25, -0.2) is 9.79 Å². The van der Waals surface area contributed by atoms with Gasteiger partial charge in [0.1, 0.15) is 18.4 Å². The van der Waals surface area contributed by atoms with Gasteiger partial charge in [0.15, 0.2) is 16.3 Å². The monoisotopic (exact) mass is 682 g/mol. The molecule has 6 rings (SSSR count). The fraction of sp³-hybridized carbons (Fsp3) is 0.237. The van der Waals surface area contributed by atoms with Crippen LogP contribution in [0.1, 0.15) is 49.4 Å². The third kappa shape index (κ3) is 6.48. The average Bonchev–Trinajstić information content (AvgIpc) is 3.41. The number of esters is 1. The molecule has 10 heteroatoms. The van der Waals surface area contributed by atoms with Gasteiger partial charge in [0.05, 0.1) is 36.6 Å². The van der Waals surface area contributed by atoms with Crippen LogP contribution in [0, 0.1) is 0 Å². The lowest BCUT2D eigenvalue weighted by atomic mass is 9.90. The lowest BCUT2D eigenvalue weighted by Crippen LogP contribution is -2.40. The first-order valence-corrected chi connectivity index (χ1v) is 16.9. The fourth-order valence-electron chi connectivity index (χ4n) is 5.92. The summed E-state index contributed by atoms with van der Waals surface area (Å²) in [7, 11) is 3.17. The molecule has 1 unspecified atom stereocenters. The van der Waals surface area contributed by atoms with Crippen molar-refractivity contribution in [3.8, 4) is 17.2 Å². The molecule has 0 bridgehead atoms. The Balaban J connectivity index is 1.50. The summed E-state index contributed by atoms with van der Waals surface area (Å²) < 4.78 is 25.2. The molecular formula is C38H35ClN2O6S. The average molecular weight is 683 g/mol. The van der Waals surface area contributed by atoms with E-state index in [1.165, 1.54) is 11.3 Å². The van der Waals surface area contributed by atoms with Gasteiger partial charge < -0.3 is 18.9 Å². The molecule has 0 radical (unpaired) electrons. The molecule has 1 atom stereocenters.